The second-order valence-electron chi connectivity index (χ2n) is 5.78. The molecule has 9 heteroatoms. The number of methoxy groups -OCH3 is 1. The number of hydrogen-bond donors (Lipinski definition) is 2. The zero-order valence-corrected chi connectivity index (χ0v) is 15.5. The lowest BCUT2D eigenvalue weighted by Gasteiger charge is -2.18. The van der Waals surface area contributed by atoms with E-state index in [4.69, 9.17) is 0 Å². The van der Waals surface area contributed by atoms with Gasteiger partial charge < -0.3 is 10.1 Å². The number of nitrogens with one attached hydrogen (secondary N) is 2. The molecular weight excluding hydrogens is 375 g/mol. The molecule has 0 saturated heterocycles. The Morgan fingerprint density at radius 2 is 1.74 bits per heavy atom. The maximum atomic E-state index is 13.1. The molecule has 0 aliphatic heterocycles. The van der Waals surface area contributed by atoms with E-state index < -0.39 is 33.8 Å². The molecule has 7 nitrogen and oxygen atoms in total. The number of carbonyl (C=O) groups is 2. The van der Waals surface area contributed by atoms with Gasteiger partial charge in [-0.1, -0.05) is 24.3 Å². The largest absolute Gasteiger partial charge is 0.465 e. The summed E-state index contributed by atoms with van der Waals surface area (Å²) in [5.74, 6) is -1.62. The highest BCUT2D eigenvalue weighted by atomic mass is 32.2. The Balaban J connectivity index is 2.21. The predicted octanol–water partition coefficient (Wildman–Crippen LogP) is 2.23. The van der Waals surface area contributed by atoms with Gasteiger partial charge in [0.2, 0.25) is 15.9 Å². The summed E-state index contributed by atoms with van der Waals surface area (Å²) >= 11 is 0. The van der Waals surface area contributed by atoms with Crippen LogP contribution >= 0.6 is 0 Å². The van der Waals surface area contributed by atoms with Crippen LogP contribution in [0.2, 0.25) is 0 Å². The van der Waals surface area contributed by atoms with Crippen LogP contribution in [0.4, 0.5) is 10.1 Å². The fourth-order valence-corrected chi connectivity index (χ4v) is 3.18. The molecule has 0 bridgehead atoms. The van der Waals surface area contributed by atoms with Crippen LogP contribution in [0.5, 0.6) is 0 Å². The topological polar surface area (TPSA) is 102 Å². The van der Waals surface area contributed by atoms with E-state index in [9.17, 15) is 22.4 Å². The summed E-state index contributed by atoms with van der Waals surface area (Å²) in [6, 6.07) is 10.5. The summed E-state index contributed by atoms with van der Waals surface area (Å²) in [7, 11) is -2.40. The average molecular weight is 394 g/mol. The summed E-state index contributed by atoms with van der Waals surface area (Å²) in [6.45, 7) is 0. The van der Waals surface area contributed by atoms with Crippen LogP contribution in [0, 0.1) is 5.82 Å². The predicted molar refractivity (Wildman–Crippen MR) is 98.1 cm³/mol. The van der Waals surface area contributed by atoms with Gasteiger partial charge >= 0.3 is 5.97 Å². The third-order valence-electron chi connectivity index (χ3n) is 3.62. The Bertz CT molecular complexity index is 929. The number of para-hydroxylation sites is 1. The SMILES string of the molecule is COC(=O)c1ccccc1NC(=O)CC(NS(C)(=O)=O)c1ccc(F)cc1. The first-order valence-corrected chi connectivity index (χ1v) is 9.78. The number of sulfonamides is 1. The Hall–Kier alpha value is -2.78. The number of esters is 1. The monoisotopic (exact) mass is 394 g/mol. The maximum absolute atomic E-state index is 13.1. The minimum atomic E-state index is -3.62. The summed E-state index contributed by atoms with van der Waals surface area (Å²) < 4.78 is 43.4. The van der Waals surface area contributed by atoms with Gasteiger partial charge in [0.1, 0.15) is 5.82 Å². The van der Waals surface area contributed by atoms with Crippen molar-refractivity contribution in [3.63, 3.8) is 0 Å². The Labute approximate surface area is 156 Å². The minimum Gasteiger partial charge on any atom is -0.465 e. The molecule has 0 aliphatic rings. The van der Waals surface area contributed by atoms with Crippen molar-refractivity contribution in [1.82, 2.24) is 4.72 Å². The Morgan fingerprint density at radius 1 is 1.11 bits per heavy atom. The van der Waals surface area contributed by atoms with Crippen LogP contribution in [0.3, 0.4) is 0 Å². The first kappa shape index (κ1) is 20.5. The van der Waals surface area contributed by atoms with Crippen LogP contribution in [-0.2, 0) is 19.6 Å². The first-order chi connectivity index (χ1) is 12.7. The van der Waals surface area contributed by atoms with Gasteiger partial charge in [-0.2, -0.15) is 0 Å². The molecular formula is C18H19FN2O5S. The quantitative estimate of drug-likeness (QED) is 0.702. The smallest absolute Gasteiger partial charge is 0.339 e. The maximum Gasteiger partial charge on any atom is 0.339 e. The molecule has 0 fully saturated rings. The highest BCUT2D eigenvalue weighted by molar-refractivity contribution is 7.88. The van der Waals surface area contributed by atoms with Crippen molar-refractivity contribution in [3.8, 4) is 0 Å². The molecule has 2 aromatic rings. The molecule has 0 aromatic heterocycles. The zero-order valence-electron chi connectivity index (χ0n) is 14.7. The second kappa shape index (κ2) is 8.74. The molecule has 2 rings (SSSR count). The van der Waals surface area contributed by atoms with Gasteiger partial charge in [0.15, 0.2) is 0 Å². The minimum absolute atomic E-state index is 0.169. The van der Waals surface area contributed by atoms with Crippen LogP contribution in [0.25, 0.3) is 0 Å². The number of halogens is 1. The molecule has 2 N–H and O–H groups in total. The third kappa shape index (κ3) is 6.15. The van der Waals surface area contributed by atoms with Crippen molar-refractivity contribution in [2.45, 2.75) is 12.5 Å². The summed E-state index contributed by atoms with van der Waals surface area (Å²) in [6.07, 6.45) is 0.711. The fraction of sp³-hybridized carbons (Fsp3) is 0.222. The van der Waals surface area contributed by atoms with Crippen LogP contribution in [0.15, 0.2) is 48.5 Å². The van der Waals surface area contributed by atoms with Crippen molar-refractivity contribution in [1.29, 1.82) is 0 Å². The van der Waals surface area contributed by atoms with E-state index in [0.717, 1.165) is 6.26 Å². The van der Waals surface area contributed by atoms with Crippen molar-refractivity contribution in [2.75, 3.05) is 18.7 Å². The molecule has 0 aliphatic carbocycles. The zero-order chi connectivity index (χ0) is 20.0. The number of ether oxygens (including phenoxy) is 1. The average Bonchev–Trinajstić information content (AvgIpc) is 2.60. The van der Waals surface area contributed by atoms with E-state index in [1.807, 2.05) is 0 Å². The molecule has 1 atom stereocenters. The molecule has 27 heavy (non-hydrogen) atoms. The molecule has 1 amide bonds. The van der Waals surface area contributed by atoms with Gasteiger partial charge in [-0.05, 0) is 29.8 Å². The standard InChI is InChI=1S/C18H19FN2O5S/c1-26-18(23)14-5-3-4-6-15(14)20-17(22)11-16(21-27(2,24)25)12-7-9-13(19)10-8-12/h3-10,16,21H,11H2,1-2H3,(H,20,22). The Kier molecular flexibility index (Phi) is 6.65. The van der Waals surface area contributed by atoms with Crippen molar-refractivity contribution < 1.29 is 27.1 Å². The normalized spacial score (nSPS) is 12.3. The first-order valence-electron chi connectivity index (χ1n) is 7.89. The summed E-state index contributed by atoms with van der Waals surface area (Å²) in [4.78, 5) is 24.2. The van der Waals surface area contributed by atoms with Gasteiger partial charge in [-0.25, -0.2) is 22.3 Å². The lowest BCUT2D eigenvalue weighted by molar-refractivity contribution is -0.116. The Morgan fingerprint density at radius 3 is 2.33 bits per heavy atom. The summed E-state index contributed by atoms with van der Waals surface area (Å²) in [5, 5.41) is 2.57. The van der Waals surface area contributed by atoms with Gasteiger partial charge in [0.05, 0.1) is 30.7 Å². The number of rotatable bonds is 7. The van der Waals surface area contributed by atoms with E-state index in [1.54, 1.807) is 12.1 Å². The molecule has 1 unspecified atom stereocenters. The number of benzene rings is 2. The third-order valence-corrected chi connectivity index (χ3v) is 4.34. The summed E-state index contributed by atoms with van der Waals surface area (Å²) in [5.41, 5.74) is 0.840. The molecule has 144 valence electrons. The second-order valence-corrected chi connectivity index (χ2v) is 7.56. The highest BCUT2D eigenvalue weighted by Crippen LogP contribution is 2.21. The fourth-order valence-electron chi connectivity index (χ4n) is 2.45. The van der Waals surface area contributed by atoms with Gasteiger partial charge in [-0.3, -0.25) is 4.79 Å². The number of anilines is 1. The van der Waals surface area contributed by atoms with Gasteiger partial charge in [0, 0.05) is 6.42 Å². The lowest BCUT2D eigenvalue weighted by Crippen LogP contribution is -2.31. The van der Waals surface area contributed by atoms with Crippen LogP contribution in [0.1, 0.15) is 28.4 Å². The van der Waals surface area contributed by atoms with E-state index in [-0.39, 0.29) is 17.7 Å². The van der Waals surface area contributed by atoms with Crippen LogP contribution < -0.4 is 10.0 Å². The lowest BCUT2D eigenvalue weighted by atomic mass is 10.0. The number of carbonyl (C=O) groups excluding carboxylic acids is 2. The van der Waals surface area contributed by atoms with E-state index in [1.165, 1.54) is 43.5 Å². The van der Waals surface area contributed by atoms with Crippen LogP contribution in [-0.4, -0.2) is 33.7 Å². The molecule has 2 aromatic carbocycles. The van der Waals surface area contributed by atoms with E-state index in [0.29, 0.717) is 5.56 Å². The van der Waals surface area contributed by atoms with Gasteiger partial charge in [-0.15, -0.1) is 0 Å². The molecule has 0 radical (unpaired) electrons. The number of hydrogen-bond acceptors (Lipinski definition) is 5. The number of amides is 1. The molecule has 0 heterocycles. The van der Waals surface area contributed by atoms with E-state index in [2.05, 4.69) is 14.8 Å². The molecule has 0 spiro atoms. The highest BCUT2D eigenvalue weighted by Gasteiger charge is 2.21. The van der Waals surface area contributed by atoms with Crippen molar-refractivity contribution in [3.05, 3.63) is 65.5 Å². The van der Waals surface area contributed by atoms with Gasteiger partial charge in [0.25, 0.3) is 0 Å². The van der Waals surface area contributed by atoms with Crippen molar-refractivity contribution in [2.24, 2.45) is 0 Å². The van der Waals surface area contributed by atoms with Crippen molar-refractivity contribution >= 4 is 27.6 Å². The van der Waals surface area contributed by atoms with E-state index >= 15 is 0 Å². The molecule has 0 saturated carbocycles.